The Balaban J connectivity index is 1.74. The topological polar surface area (TPSA) is 91.3 Å². The molecule has 0 atom stereocenters. The van der Waals surface area contributed by atoms with Crippen molar-refractivity contribution in [1.29, 1.82) is 0 Å². The largest absolute Gasteiger partial charge is 0.481 e. The van der Waals surface area contributed by atoms with Crippen LogP contribution in [-0.2, 0) is 15.8 Å². The third-order valence-electron chi connectivity index (χ3n) is 4.25. The SMILES string of the molecule is O=C(CCNc1ncc(C(F)(F)F)cc1Cl)NC1CCC(C(=O)O)CC1. The van der Waals surface area contributed by atoms with Crippen molar-refractivity contribution in [2.75, 3.05) is 11.9 Å². The van der Waals surface area contributed by atoms with Crippen molar-refractivity contribution in [3.63, 3.8) is 0 Å². The van der Waals surface area contributed by atoms with Crippen LogP contribution in [0.2, 0.25) is 5.02 Å². The molecule has 26 heavy (non-hydrogen) atoms. The highest BCUT2D eigenvalue weighted by Crippen LogP contribution is 2.32. The van der Waals surface area contributed by atoms with Crippen molar-refractivity contribution >= 4 is 29.3 Å². The maximum absolute atomic E-state index is 12.5. The van der Waals surface area contributed by atoms with Gasteiger partial charge in [0.1, 0.15) is 5.82 Å². The number of carbonyl (C=O) groups is 2. The van der Waals surface area contributed by atoms with Crippen LogP contribution in [0.5, 0.6) is 0 Å². The van der Waals surface area contributed by atoms with E-state index in [0.717, 1.165) is 6.07 Å². The van der Waals surface area contributed by atoms with Gasteiger partial charge in [-0.05, 0) is 31.7 Å². The van der Waals surface area contributed by atoms with Gasteiger partial charge in [0.25, 0.3) is 0 Å². The molecule has 10 heteroatoms. The summed E-state index contributed by atoms with van der Waals surface area (Å²) >= 11 is 5.77. The van der Waals surface area contributed by atoms with E-state index in [4.69, 9.17) is 16.7 Å². The van der Waals surface area contributed by atoms with E-state index in [1.165, 1.54) is 0 Å². The van der Waals surface area contributed by atoms with E-state index in [1.54, 1.807) is 0 Å². The average Bonchev–Trinajstić information content (AvgIpc) is 2.56. The quantitative estimate of drug-likeness (QED) is 0.689. The fourth-order valence-electron chi connectivity index (χ4n) is 2.80. The summed E-state index contributed by atoms with van der Waals surface area (Å²) in [7, 11) is 0. The number of anilines is 1. The predicted octanol–water partition coefficient (Wildman–Crippen LogP) is 3.32. The second-order valence-corrected chi connectivity index (χ2v) is 6.59. The highest BCUT2D eigenvalue weighted by molar-refractivity contribution is 6.32. The van der Waals surface area contributed by atoms with Crippen LogP contribution in [0, 0.1) is 5.92 Å². The van der Waals surface area contributed by atoms with Gasteiger partial charge in [-0.15, -0.1) is 0 Å². The van der Waals surface area contributed by atoms with Gasteiger partial charge in [-0.1, -0.05) is 11.6 Å². The molecule has 0 unspecified atom stereocenters. The van der Waals surface area contributed by atoms with Gasteiger partial charge in [0.05, 0.1) is 16.5 Å². The molecule has 2 rings (SSSR count). The van der Waals surface area contributed by atoms with Crippen molar-refractivity contribution in [3.8, 4) is 0 Å². The van der Waals surface area contributed by atoms with Gasteiger partial charge >= 0.3 is 12.1 Å². The monoisotopic (exact) mass is 393 g/mol. The minimum atomic E-state index is -4.52. The maximum atomic E-state index is 12.5. The van der Waals surface area contributed by atoms with E-state index in [9.17, 15) is 22.8 Å². The van der Waals surface area contributed by atoms with Crippen LogP contribution >= 0.6 is 11.6 Å². The number of aliphatic carboxylic acids is 1. The lowest BCUT2D eigenvalue weighted by atomic mass is 9.86. The van der Waals surface area contributed by atoms with Crippen LogP contribution in [0.4, 0.5) is 19.0 Å². The highest BCUT2D eigenvalue weighted by Gasteiger charge is 2.31. The zero-order valence-electron chi connectivity index (χ0n) is 13.8. The summed E-state index contributed by atoms with van der Waals surface area (Å²) < 4.78 is 37.6. The number of hydrogen-bond donors (Lipinski definition) is 3. The summed E-state index contributed by atoms with van der Waals surface area (Å²) in [5.41, 5.74) is -0.942. The number of carboxylic acid groups (broad SMARTS) is 1. The summed E-state index contributed by atoms with van der Waals surface area (Å²) in [6, 6.07) is 0.726. The zero-order valence-corrected chi connectivity index (χ0v) is 14.5. The van der Waals surface area contributed by atoms with Gasteiger partial charge in [-0.25, -0.2) is 4.98 Å². The smallest absolute Gasteiger partial charge is 0.417 e. The molecule has 0 radical (unpaired) electrons. The molecular weight excluding hydrogens is 375 g/mol. The molecule has 1 aliphatic rings. The molecule has 3 N–H and O–H groups in total. The third kappa shape index (κ3) is 5.76. The molecule has 144 valence electrons. The molecule has 1 aromatic heterocycles. The second-order valence-electron chi connectivity index (χ2n) is 6.18. The molecule has 1 amide bonds. The number of rotatable bonds is 6. The summed E-state index contributed by atoms with van der Waals surface area (Å²) in [6.07, 6.45) is -1.46. The average molecular weight is 394 g/mol. The van der Waals surface area contributed by atoms with Crippen molar-refractivity contribution in [1.82, 2.24) is 10.3 Å². The van der Waals surface area contributed by atoms with Gasteiger partial charge in [-0.3, -0.25) is 9.59 Å². The summed E-state index contributed by atoms with van der Waals surface area (Å²) in [4.78, 5) is 26.4. The van der Waals surface area contributed by atoms with E-state index < -0.39 is 17.7 Å². The van der Waals surface area contributed by atoms with Crippen LogP contribution in [0.1, 0.15) is 37.7 Å². The molecule has 0 aromatic carbocycles. The number of hydrogen-bond acceptors (Lipinski definition) is 4. The first-order valence-electron chi connectivity index (χ1n) is 8.15. The Morgan fingerprint density at radius 1 is 1.27 bits per heavy atom. The zero-order chi connectivity index (χ0) is 19.3. The number of amides is 1. The van der Waals surface area contributed by atoms with Gasteiger partial charge < -0.3 is 15.7 Å². The van der Waals surface area contributed by atoms with E-state index in [2.05, 4.69) is 15.6 Å². The molecule has 0 spiro atoms. The predicted molar refractivity (Wildman–Crippen MR) is 88.9 cm³/mol. The number of alkyl halides is 3. The van der Waals surface area contributed by atoms with Crippen molar-refractivity contribution < 1.29 is 27.9 Å². The molecular formula is C16H19ClF3N3O3. The summed E-state index contributed by atoms with van der Waals surface area (Å²) in [6.45, 7) is 0.161. The lowest BCUT2D eigenvalue weighted by Gasteiger charge is -2.26. The fraction of sp³-hybridized carbons (Fsp3) is 0.562. The van der Waals surface area contributed by atoms with Crippen molar-refractivity contribution in [2.24, 2.45) is 5.92 Å². The number of carbonyl (C=O) groups excluding carboxylic acids is 1. The number of nitrogens with one attached hydrogen (secondary N) is 2. The second kappa shape index (κ2) is 8.57. The normalized spacial score (nSPS) is 20.5. The molecule has 0 bridgehead atoms. The first kappa shape index (κ1) is 20.3. The van der Waals surface area contributed by atoms with E-state index in [0.29, 0.717) is 31.9 Å². The lowest BCUT2D eigenvalue weighted by molar-refractivity contribution is -0.143. The highest BCUT2D eigenvalue weighted by atomic mass is 35.5. The molecule has 0 aliphatic heterocycles. The Hall–Kier alpha value is -2.03. The number of aromatic nitrogens is 1. The molecule has 1 aromatic rings. The molecule has 1 heterocycles. The Bertz CT molecular complexity index is 662. The summed E-state index contributed by atoms with van der Waals surface area (Å²) in [5.74, 6) is -1.30. The van der Waals surface area contributed by atoms with Crippen LogP contribution in [0.15, 0.2) is 12.3 Å². The van der Waals surface area contributed by atoms with Gasteiger partial charge in [0.2, 0.25) is 5.91 Å². The van der Waals surface area contributed by atoms with Crippen molar-refractivity contribution in [2.45, 2.75) is 44.3 Å². The molecule has 1 aliphatic carbocycles. The van der Waals surface area contributed by atoms with E-state index >= 15 is 0 Å². The Labute approximate surface area is 153 Å². The molecule has 1 saturated carbocycles. The molecule has 0 saturated heterocycles. The van der Waals surface area contributed by atoms with Gasteiger partial charge in [0.15, 0.2) is 0 Å². The number of pyridine rings is 1. The third-order valence-corrected chi connectivity index (χ3v) is 4.54. The summed E-state index contributed by atoms with van der Waals surface area (Å²) in [5, 5.41) is 14.3. The molecule has 1 fully saturated rings. The Morgan fingerprint density at radius 2 is 1.92 bits per heavy atom. The van der Waals surface area contributed by atoms with Gasteiger partial charge in [-0.2, -0.15) is 13.2 Å². The van der Waals surface area contributed by atoms with Crippen LogP contribution in [-0.4, -0.2) is 34.6 Å². The number of nitrogens with zero attached hydrogens (tertiary/aromatic N) is 1. The number of halogens is 4. The number of carboxylic acids is 1. The fourth-order valence-corrected chi connectivity index (χ4v) is 3.04. The standard InChI is InChI=1S/C16H19ClF3N3O3/c17-12-7-10(16(18,19)20)8-22-14(12)21-6-5-13(24)23-11-3-1-9(2-4-11)15(25)26/h7-9,11H,1-6H2,(H,21,22)(H,23,24)(H,25,26). The minimum Gasteiger partial charge on any atom is -0.481 e. The van der Waals surface area contributed by atoms with Crippen LogP contribution in [0.3, 0.4) is 0 Å². The first-order valence-corrected chi connectivity index (χ1v) is 8.53. The van der Waals surface area contributed by atoms with Crippen LogP contribution in [0.25, 0.3) is 0 Å². The van der Waals surface area contributed by atoms with Gasteiger partial charge in [0, 0.05) is 25.2 Å². The maximum Gasteiger partial charge on any atom is 0.417 e. The molecule has 6 nitrogen and oxygen atoms in total. The Kier molecular flexibility index (Phi) is 6.69. The Morgan fingerprint density at radius 3 is 2.46 bits per heavy atom. The first-order chi connectivity index (χ1) is 12.2. The lowest BCUT2D eigenvalue weighted by Crippen LogP contribution is -2.39. The van der Waals surface area contributed by atoms with E-state index in [-0.39, 0.29) is 41.7 Å². The minimum absolute atomic E-state index is 0.0501. The van der Waals surface area contributed by atoms with E-state index in [1.807, 2.05) is 0 Å². The van der Waals surface area contributed by atoms with Crippen molar-refractivity contribution in [3.05, 3.63) is 22.8 Å². The van der Waals surface area contributed by atoms with Crippen LogP contribution < -0.4 is 10.6 Å².